The van der Waals surface area contributed by atoms with Gasteiger partial charge in [-0.15, -0.1) is 0 Å². The first-order valence-electron chi connectivity index (χ1n) is 7.23. The third-order valence-corrected chi connectivity index (χ3v) is 3.69. The van der Waals surface area contributed by atoms with Gasteiger partial charge in [-0.2, -0.15) is 0 Å². The van der Waals surface area contributed by atoms with Crippen LogP contribution in [0.3, 0.4) is 0 Å². The molecule has 9 nitrogen and oxygen atoms in total. The van der Waals surface area contributed by atoms with Crippen LogP contribution in [-0.2, 0) is 20.8 Å². The van der Waals surface area contributed by atoms with Gasteiger partial charge in [0.15, 0.2) is 0 Å². The molecule has 2 atom stereocenters. The quantitative estimate of drug-likeness (QED) is 0.605. The Morgan fingerprint density at radius 2 is 2.29 bits per heavy atom. The number of aromatic amines is 1. The SMILES string of the molecule is Cc1n[nH][n+](CC(=O)N2CCOC(C3CNCCO3)C2)n1. The molecule has 0 aliphatic carbocycles. The molecule has 2 fully saturated rings. The van der Waals surface area contributed by atoms with Crippen molar-refractivity contribution in [2.24, 2.45) is 0 Å². The number of carbonyl (C=O) groups excluding carboxylic acids is 1. The molecule has 9 heteroatoms. The van der Waals surface area contributed by atoms with Crippen LogP contribution in [0.15, 0.2) is 0 Å². The molecule has 0 bridgehead atoms. The number of H-pyrrole nitrogens is 1. The van der Waals surface area contributed by atoms with Gasteiger partial charge in [0.05, 0.1) is 24.4 Å². The normalized spacial score (nSPS) is 26.8. The molecule has 3 heterocycles. The summed E-state index contributed by atoms with van der Waals surface area (Å²) in [5.41, 5.74) is 0. The van der Waals surface area contributed by atoms with Crippen molar-refractivity contribution in [3.05, 3.63) is 5.82 Å². The summed E-state index contributed by atoms with van der Waals surface area (Å²) in [5.74, 6) is 0.623. The number of amides is 1. The van der Waals surface area contributed by atoms with Gasteiger partial charge in [-0.25, -0.2) is 0 Å². The van der Waals surface area contributed by atoms with E-state index in [9.17, 15) is 4.79 Å². The predicted molar refractivity (Wildman–Crippen MR) is 70.2 cm³/mol. The number of nitrogens with zero attached hydrogens (tertiary/aromatic N) is 4. The van der Waals surface area contributed by atoms with Crippen LogP contribution in [0.1, 0.15) is 5.82 Å². The molecule has 0 spiro atoms. The Balaban J connectivity index is 1.56. The first kappa shape index (κ1) is 14.4. The van der Waals surface area contributed by atoms with Crippen LogP contribution in [0.2, 0.25) is 0 Å². The van der Waals surface area contributed by atoms with Gasteiger partial charge >= 0.3 is 5.82 Å². The van der Waals surface area contributed by atoms with E-state index in [1.54, 1.807) is 11.8 Å². The molecule has 2 aliphatic rings. The maximum absolute atomic E-state index is 12.3. The lowest BCUT2D eigenvalue weighted by Crippen LogP contribution is -2.57. The molecule has 0 aromatic carbocycles. The number of morpholine rings is 2. The molecule has 3 rings (SSSR count). The van der Waals surface area contributed by atoms with Crippen LogP contribution in [0, 0.1) is 6.92 Å². The second-order valence-corrected chi connectivity index (χ2v) is 5.28. The van der Waals surface area contributed by atoms with Crippen LogP contribution < -0.4 is 10.1 Å². The van der Waals surface area contributed by atoms with Crippen molar-refractivity contribution in [1.82, 2.24) is 25.6 Å². The first-order valence-corrected chi connectivity index (χ1v) is 7.23. The van der Waals surface area contributed by atoms with E-state index in [0.29, 0.717) is 32.1 Å². The smallest absolute Gasteiger partial charge is 0.305 e. The first-order chi connectivity index (χ1) is 10.2. The monoisotopic (exact) mass is 297 g/mol. The summed E-state index contributed by atoms with van der Waals surface area (Å²) in [6.45, 7) is 5.95. The van der Waals surface area contributed by atoms with E-state index in [0.717, 1.165) is 13.1 Å². The molecular weight excluding hydrogens is 276 g/mol. The Bertz CT molecular complexity index is 487. The molecule has 2 saturated heterocycles. The largest absolute Gasteiger partial charge is 0.373 e. The van der Waals surface area contributed by atoms with Crippen LogP contribution in [0.5, 0.6) is 0 Å². The highest BCUT2D eigenvalue weighted by Crippen LogP contribution is 2.13. The lowest BCUT2D eigenvalue weighted by molar-refractivity contribution is -0.795. The zero-order valence-electron chi connectivity index (χ0n) is 12.1. The third kappa shape index (κ3) is 3.55. The number of rotatable bonds is 3. The van der Waals surface area contributed by atoms with Crippen LogP contribution >= 0.6 is 0 Å². The number of aryl methyl sites for hydroxylation is 1. The van der Waals surface area contributed by atoms with Gasteiger partial charge in [-0.1, -0.05) is 4.80 Å². The Labute approximate surface area is 122 Å². The summed E-state index contributed by atoms with van der Waals surface area (Å²) in [6.07, 6.45) is -0.0634. The minimum absolute atomic E-state index is 0.00761. The number of ether oxygens (including phenoxy) is 2. The van der Waals surface area contributed by atoms with Crippen LogP contribution in [-0.4, -0.2) is 77.8 Å². The van der Waals surface area contributed by atoms with Gasteiger partial charge in [-0.05, 0) is 10.3 Å². The van der Waals surface area contributed by atoms with Crippen LogP contribution in [0.4, 0.5) is 0 Å². The van der Waals surface area contributed by atoms with E-state index in [1.807, 2.05) is 0 Å². The van der Waals surface area contributed by atoms with Crippen molar-refractivity contribution in [2.75, 3.05) is 39.4 Å². The summed E-state index contributed by atoms with van der Waals surface area (Å²) in [5, 5.41) is 14.0. The fourth-order valence-corrected chi connectivity index (χ4v) is 2.60. The van der Waals surface area contributed by atoms with Crippen molar-refractivity contribution >= 4 is 5.91 Å². The summed E-state index contributed by atoms with van der Waals surface area (Å²) in [6, 6.07) is 0. The molecule has 2 N–H and O–H groups in total. The fourth-order valence-electron chi connectivity index (χ4n) is 2.60. The number of carbonyl (C=O) groups is 1. The van der Waals surface area contributed by atoms with Crippen molar-refractivity contribution in [3.63, 3.8) is 0 Å². The second-order valence-electron chi connectivity index (χ2n) is 5.28. The van der Waals surface area contributed by atoms with Crippen molar-refractivity contribution in [2.45, 2.75) is 25.7 Å². The average molecular weight is 297 g/mol. The van der Waals surface area contributed by atoms with E-state index >= 15 is 0 Å². The molecule has 2 unspecified atom stereocenters. The number of hydrogen-bond donors (Lipinski definition) is 2. The van der Waals surface area contributed by atoms with Gasteiger partial charge in [0.1, 0.15) is 6.10 Å². The van der Waals surface area contributed by atoms with E-state index in [1.165, 1.54) is 4.80 Å². The number of aromatic nitrogens is 4. The van der Waals surface area contributed by atoms with E-state index < -0.39 is 0 Å². The minimum Gasteiger partial charge on any atom is -0.373 e. The number of nitrogens with one attached hydrogen (secondary N) is 2. The zero-order chi connectivity index (χ0) is 14.7. The average Bonchev–Trinajstić information content (AvgIpc) is 2.93. The van der Waals surface area contributed by atoms with Gasteiger partial charge < -0.3 is 19.7 Å². The fraction of sp³-hybridized carbons (Fsp3) is 0.833. The summed E-state index contributed by atoms with van der Waals surface area (Å²) < 4.78 is 11.5. The van der Waals surface area contributed by atoms with Gasteiger partial charge in [0.2, 0.25) is 6.54 Å². The maximum Gasteiger partial charge on any atom is 0.305 e. The van der Waals surface area contributed by atoms with Gasteiger partial charge in [0.25, 0.3) is 5.91 Å². The topological polar surface area (TPSA) is 96.3 Å². The molecule has 2 aliphatic heterocycles. The Kier molecular flexibility index (Phi) is 4.42. The number of hydrogen-bond acceptors (Lipinski definition) is 6. The van der Waals surface area contributed by atoms with Crippen LogP contribution in [0.25, 0.3) is 0 Å². The maximum atomic E-state index is 12.3. The molecule has 0 radical (unpaired) electrons. The summed E-state index contributed by atoms with van der Waals surface area (Å²) >= 11 is 0. The van der Waals surface area contributed by atoms with E-state index in [-0.39, 0.29) is 24.7 Å². The Hall–Kier alpha value is -1.58. The minimum atomic E-state index is -0.0723. The molecule has 116 valence electrons. The third-order valence-electron chi connectivity index (χ3n) is 3.69. The summed E-state index contributed by atoms with van der Waals surface area (Å²) in [7, 11) is 0. The van der Waals surface area contributed by atoms with Crippen molar-refractivity contribution < 1.29 is 19.1 Å². The zero-order valence-corrected chi connectivity index (χ0v) is 12.1. The van der Waals surface area contributed by atoms with E-state index in [4.69, 9.17) is 9.47 Å². The molecule has 21 heavy (non-hydrogen) atoms. The Morgan fingerprint density at radius 3 is 3.00 bits per heavy atom. The van der Waals surface area contributed by atoms with Gasteiger partial charge in [-0.3, -0.25) is 4.79 Å². The molecular formula is C12H21N6O3+. The molecule has 1 aromatic heterocycles. The molecule has 1 amide bonds. The lowest BCUT2D eigenvalue weighted by Gasteiger charge is -2.38. The Morgan fingerprint density at radius 1 is 1.43 bits per heavy atom. The summed E-state index contributed by atoms with van der Waals surface area (Å²) in [4.78, 5) is 15.6. The highest BCUT2D eigenvalue weighted by Gasteiger charge is 2.32. The van der Waals surface area contributed by atoms with Crippen molar-refractivity contribution in [3.8, 4) is 0 Å². The lowest BCUT2D eigenvalue weighted by atomic mass is 10.1. The molecule has 0 saturated carbocycles. The van der Waals surface area contributed by atoms with Gasteiger partial charge in [0, 0.05) is 33.1 Å². The molecule has 1 aromatic rings. The van der Waals surface area contributed by atoms with E-state index in [2.05, 4.69) is 20.7 Å². The second kappa shape index (κ2) is 6.46. The van der Waals surface area contributed by atoms with Crippen molar-refractivity contribution in [1.29, 1.82) is 0 Å². The predicted octanol–water partition coefficient (Wildman–Crippen LogP) is -2.38. The highest BCUT2D eigenvalue weighted by atomic mass is 16.5. The highest BCUT2D eigenvalue weighted by molar-refractivity contribution is 5.74. The standard InChI is InChI=1S/C12H20N6O3/c1-9-14-16-18(15-9)8-12(19)17-3-5-21-11(7-17)10-6-13-2-4-20-10/h10-11,13H,2-8H2,1H3/p+1. The number of tetrazole rings is 1.